The second-order valence-electron chi connectivity index (χ2n) is 6.44. The third-order valence-corrected chi connectivity index (χ3v) is 2.99. The number of carbonyl (C=O) groups is 1. The van der Waals surface area contributed by atoms with Crippen LogP contribution in [-0.2, 0) is 14.4 Å². The molecule has 1 aromatic rings. The van der Waals surface area contributed by atoms with Crippen LogP contribution in [0.3, 0.4) is 0 Å². The zero-order valence-electron chi connectivity index (χ0n) is 12.6. The quantitative estimate of drug-likeness (QED) is 0.866. The fourth-order valence-electron chi connectivity index (χ4n) is 1.90. The molecule has 1 aromatic carbocycles. The maximum absolute atomic E-state index is 11.7. The SMILES string of the molecule is CC(C)(C)COC(=O)CC1CC(c2ccc(O)cc2)=NO1. The van der Waals surface area contributed by atoms with Gasteiger partial charge in [0.05, 0.1) is 18.7 Å². The lowest BCUT2D eigenvalue weighted by Crippen LogP contribution is -2.22. The van der Waals surface area contributed by atoms with E-state index in [0.29, 0.717) is 13.0 Å². The number of hydrogen-bond donors (Lipinski definition) is 1. The lowest BCUT2D eigenvalue weighted by molar-refractivity contribution is -0.149. The minimum absolute atomic E-state index is 0.0418. The van der Waals surface area contributed by atoms with Gasteiger partial charge in [-0.1, -0.05) is 25.9 Å². The van der Waals surface area contributed by atoms with Gasteiger partial charge in [0.15, 0.2) is 0 Å². The van der Waals surface area contributed by atoms with Gasteiger partial charge in [0.25, 0.3) is 0 Å². The average molecular weight is 291 g/mol. The van der Waals surface area contributed by atoms with Crippen molar-refractivity contribution in [3.05, 3.63) is 29.8 Å². The van der Waals surface area contributed by atoms with Crippen LogP contribution in [0.15, 0.2) is 29.4 Å². The van der Waals surface area contributed by atoms with Gasteiger partial charge >= 0.3 is 5.97 Å². The number of phenolic OH excluding ortho intramolecular Hbond substituents is 1. The third-order valence-electron chi connectivity index (χ3n) is 2.99. The highest BCUT2D eigenvalue weighted by molar-refractivity contribution is 6.01. The Balaban J connectivity index is 1.82. The van der Waals surface area contributed by atoms with E-state index in [1.165, 1.54) is 0 Å². The molecule has 1 atom stereocenters. The zero-order chi connectivity index (χ0) is 15.5. The highest BCUT2D eigenvalue weighted by Crippen LogP contribution is 2.21. The number of benzene rings is 1. The molecule has 2 rings (SSSR count). The van der Waals surface area contributed by atoms with E-state index in [0.717, 1.165) is 11.3 Å². The van der Waals surface area contributed by atoms with Crippen molar-refractivity contribution in [3.8, 4) is 5.75 Å². The molecule has 1 aliphatic heterocycles. The van der Waals surface area contributed by atoms with Gasteiger partial charge in [-0.15, -0.1) is 0 Å². The van der Waals surface area contributed by atoms with Gasteiger partial charge in [0.2, 0.25) is 0 Å². The molecule has 1 aliphatic rings. The van der Waals surface area contributed by atoms with Crippen LogP contribution in [0.1, 0.15) is 39.2 Å². The summed E-state index contributed by atoms with van der Waals surface area (Å²) in [6, 6.07) is 6.75. The molecule has 0 fully saturated rings. The van der Waals surface area contributed by atoms with Gasteiger partial charge in [-0.2, -0.15) is 0 Å². The molecule has 5 nitrogen and oxygen atoms in total. The number of esters is 1. The molecule has 1 unspecified atom stereocenters. The van der Waals surface area contributed by atoms with Crippen LogP contribution in [0.5, 0.6) is 5.75 Å². The monoisotopic (exact) mass is 291 g/mol. The van der Waals surface area contributed by atoms with Crippen molar-refractivity contribution in [1.82, 2.24) is 0 Å². The second kappa shape index (κ2) is 6.16. The largest absolute Gasteiger partial charge is 0.508 e. The summed E-state index contributed by atoms with van der Waals surface area (Å²) >= 11 is 0. The molecule has 0 amide bonds. The summed E-state index contributed by atoms with van der Waals surface area (Å²) in [6.07, 6.45) is 0.484. The first kappa shape index (κ1) is 15.4. The van der Waals surface area contributed by atoms with Crippen molar-refractivity contribution in [2.75, 3.05) is 6.61 Å². The molecule has 114 valence electrons. The van der Waals surface area contributed by atoms with Gasteiger partial charge in [0, 0.05) is 6.42 Å². The minimum Gasteiger partial charge on any atom is -0.508 e. The molecule has 0 aliphatic carbocycles. The number of nitrogens with zero attached hydrogens (tertiary/aromatic N) is 1. The van der Waals surface area contributed by atoms with Gasteiger partial charge < -0.3 is 14.7 Å². The van der Waals surface area contributed by atoms with Crippen LogP contribution >= 0.6 is 0 Å². The Morgan fingerprint density at radius 3 is 2.67 bits per heavy atom. The first-order valence-corrected chi connectivity index (χ1v) is 7.01. The molecular weight excluding hydrogens is 270 g/mol. The highest BCUT2D eigenvalue weighted by Gasteiger charge is 2.26. The maximum Gasteiger partial charge on any atom is 0.309 e. The fourth-order valence-corrected chi connectivity index (χ4v) is 1.90. The lowest BCUT2D eigenvalue weighted by atomic mass is 9.98. The van der Waals surface area contributed by atoms with Crippen LogP contribution in [-0.4, -0.2) is 29.5 Å². The number of hydrogen-bond acceptors (Lipinski definition) is 5. The Morgan fingerprint density at radius 2 is 2.05 bits per heavy atom. The van der Waals surface area contributed by atoms with E-state index in [-0.39, 0.29) is 29.7 Å². The first-order valence-electron chi connectivity index (χ1n) is 7.01. The van der Waals surface area contributed by atoms with E-state index < -0.39 is 0 Å². The normalized spacial score (nSPS) is 18.0. The predicted molar refractivity (Wildman–Crippen MR) is 79.2 cm³/mol. The second-order valence-corrected chi connectivity index (χ2v) is 6.44. The van der Waals surface area contributed by atoms with Crippen LogP contribution in [0.2, 0.25) is 0 Å². The van der Waals surface area contributed by atoms with Crippen molar-refractivity contribution in [1.29, 1.82) is 0 Å². The number of phenols is 1. The number of rotatable bonds is 4. The fraction of sp³-hybridized carbons (Fsp3) is 0.500. The summed E-state index contributed by atoms with van der Waals surface area (Å²) in [4.78, 5) is 17.0. The Bertz CT molecular complexity index is 528. The van der Waals surface area contributed by atoms with Gasteiger partial charge in [-0.3, -0.25) is 4.79 Å². The maximum atomic E-state index is 11.7. The average Bonchev–Trinajstić information content (AvgIpc) is 2.85. The summed E-state index contributed by atoms with van der Waals surface area (Å²) in [5.41, 5.74) is 1.63. The summed E-state index contributed by atoms with van der Waals surface area (Å²) in [5.74, 6) is -0.0577. The molecule has 0 bridgehead atoms. The minimum atomic E-state index is -0.277. The summed E-state index contributed by atoms with van der Waals surface area (Å²) in [5, 5.41) is 13.3. The van der Waals surface area contributed by atoms with Crippen molar-refractivity contribution in [2.24, 2.45) is 10.6 Å². The molecule has 0 saturated heterocycles. The Hall–Kier alpha value is -2.04. The van der Waals surface area contributed by atoms with Crippen LogP contribution in [0.25, 0.3) is 0 Å². The van der Waals surface area contributed by atoms with Crippen LogP contribution < -0.4 is 0 Å². The first-order chi connectivity index (χ1) is 9.83. The van der Waals surface area contributed by atoms with E-state index in [4.69, 9.17) is 9.57 Å². The molecule has 1 heterocycles. The van der Waals surface area contributed by atoms with Crippen molar-refractivity contribution in [2.45, 2.75) is 39.7 Å². The predicted octanol–water partition coefficient (Wildman–Crippen LogP) is 2.86. The van der Waals surface area contributed by atoms with Gasteiger partial charge in [-0.05, 0) is 35.2 Å². The molecule has 5 heteroatoms. The molecule has 1 N–H and O–H groups in total. The summed E-state index contributed by atoms with van der Waals surface area (Å²) < 4.78 is 5.22. The highest BCUT2D eigenvalue weighted by atomic mass is 16.6. The number of oxime groups is 1. The van der Waals surface area contributed by atoms with Gasteiger partial charge in [0.1, 0.15) is 11.9 Å². The molecule has 0 radical (unpaired) electrons. The third kappa shape index (κ3) is 4.77. The van der Waals surface area contributed by atoms with Crippen LogP contribution in [0, 0.1) is 5.41 Å². The molecule has 0 aromatic heterocycles. The van der Waals surface area contributed by atoms with Crippen LogP contribution in [0.4, 0.5) is 0 Å². The molecular formula is C16H21NO4. The molecule has 0 spiro atoms. The zero-order valence-corrected chi connectivity index (χ0v) is 12.6. The number of carbonyl (C=O) groups excluding carboxylic acids is 1. The van der Waals surface area contributed by atoms with Gasteiger partial charge in [-0.25, -0.2) is 0 Å². The Kier molecular flexibility index (Phi) is 4.50. The smallest absolute Gasteiger partial charge is 0.309 e. The van der Waals surface area contributed by atoms with Crippen molar-refractivity contribution >= 4 is 11.7 Å². The topological polar surface area (TPSA) is 68.1 Å². The van der Waals surface area contributed by atoms with E-state index in [1.54, 1.807) is 24.3 Å². The lowest BCUT2D eigenvalue weighted by Gasteiger charge is -2.18. The standard InChI is InChI=1S/C16H21NO4/c1-16(2,3)10-20-15(19)9-13-8-14(17-21-13)11-4-6-12(18)7-5-11/h4-7,13,18H,8-10H2,1-3H3. The summed E-state index contributed by atoms with van der Waals surface area (Å²) in [6.45, 7) is 6.43. The number of aromatic hydroxyl groups is 1. The number of ether oxygens (including phenoxy) is 1. The Labute approximate surface area is 124 Å². The van der Waals surface area contributed by atoms with Crippen molar-refractivity contribution in [3.63, 3.8) is 0 Å². The molecule has 21 heavy (non-hydrogen) atoms. The summed E-state index contributed by atoms with van der Waals surface area (Å²) in [7, 11) is 0. The van der Waals surface area contributed by atoms with E-state index >= 15 is 0 Å². The van der Waals surface area contributed by atoms with Crippen molar-refractivity contribution < 1.29 is 19.5 Å². The van der Waals surface area contributed by atoms with E-state index in [2.05, 4.69) is 5.16 Å². The Morgan fingerprint density at radius 1 is 1.38 bits per heavy atom. The molecule has 0 saturated carbocycles. The van der Waals surface area contributed by atoms with E-state index in [1.807, 2.05) is 20.8 Å². The van der Waals surface area contributed by atoms with E-state index in [9.17, 15) is 9.90 Å².